The predicted octanol–water partition coefficient (Wildman–Crippen LogP) is 5.85. The molecule has 0 amide bonds. The van der Waals surface area contributed by atoms with Crippen molar-refractivity contribution in [3.8, 4) is 22.6 Å². The predicted molar refractivity (Wildman–Crippen MR) is 99.8 cm³/mol. The Bertz CT molecular complexity index is 975. The minimum atomic E-state index is -0.449. The van der Waals surface area contributed by atoms with Gasteiger partial charge in [-0.15, -0.1) is 4.91 Å². The number of hydrogen-bond acceptors (Lipinski definition) is 4. The Morgan fingerprint density at radius 2 is 1.96 bits per heavy atom. The molecule has 1 N–H and O–H groups in total. The van der Waals surface area contributed by atoms with Gasteiger partial charge in [-0.2, -0.15) is 0 Å². The number of phenols is 1. The second-order valence-corrected chi connectivity index (χ2v) is 6.19. The van der Waals surface area contributed by atoms with E-state index in [2.05, 4.69) is 5.18 Å². The summed E-state index contributed by atoms with van der Waals surface area (Å²) in [5, 5.41) is 13.0. The quantitative estimate of drug-likeness (QED) is 0.572. The third-order valence-electron chi connectivity index (χ3n) is 3.98. The minimum absolute atomic E-state index is 0.0870. The van der Waals surface area contributed by atoms with Gasteiger partial charge in [-0.25, -0.2) is 4.39 Å². The van der Waals surface area contributed by atoms with Crippen molar-refractivity contribution >= 4 is 17.3 Å². The standard InChI is InChI=1S/C20H15ClFNO3/c1-26-18-6-5-14(7-12-8-16(23-25)11-17(24)9-12)20(22)19(18)13-3-2-4-15(21)10-13/h2-6,8-11,24H,7H2,1H3. The van der Waals surface area contributed by atoms with Crippen LogP contribution in [0.3, 0.4) is 0 Å². The zero-order chi connectivity index (χ0) is 18.7. The third kappa shape index (κ3) is 3.68. The van der Waals surface area contributed by atoms with E-state index in [1.165, 1.54) is 25.3 Å². The maximum atomic E-state index is 15.2. The van der Waals surface area contributed by atoms with Gasteiger partial charge in [0.2, 0.25) is 0 Å². The smallest absolute Gasteiger partial charge is 0.138 e. The number of nitrogens with zero attached hydrogens (tertiary/aromatic N) is 1. The Morgan fingerprint density at radius 1 is 1.15 bits per heavy atom. The van der Waals surface area contributed by atoms with Crippen LogP contribution in [-0.4, -0.2) is 12.2 Å². The van der Waals surface area contributed by atoms with Gasteiger partial charge in [0.25, 0.3) is 0 Å². The van der Waals surface area contributed by atoms with Gasteiger partial charge in [0.1, 0.15) is 23.0 Å². The van der Waals surface area contributed by atoms with Gasteiger partial charge in [-0.05, 0) is 52.2 Å². The molecular formula is C20H15ClFNO3. The molecule has 0 bridgehead atoms. The van der Waals surface area contributed by atoms with E-state index in [9.17, 15) is 10.0 Å². The molecule has 0 unspecified atom stereocenters. The van der Waals surface area contributed by atoms with Crippen LogP contribution in [0.15, 0.2) is 59.8 Å². The molecule has 0 aliphatic heterocycles. The van der Waals surface area contributed by atoms with Gasteiger partial charge in [0.15, 0.2) is 0 Å². The van der Waals surface area contributed by atoms with Crippen LogP contribution in [0.4, 0.5) is 10.1 Å². The van der Waals surface area contributed by atoms with Crippen molar-refractivity contribution in [1.82, 2.24) is 0 Å². The molecule has 3 aromatic rings. The summed E-state index contributed by atoms with van der Waals surface area (Å²) in [6.07, 6.45) is 0.181. The highest BCUT2D eigenvalue weighted by atomic mass is 35.5. The first-order valence-electron chi connectivity index (χ1n) is 7.79. The van der Waals surface area contributed by atoms with E-state index in [1.807, 2.05) is 0 Å². The number of nitroso groups, excluding NO2 is 1. The van der Waals surface area contributed by atoms with E-state index in [4.69, 9.17) is 16.3 Å². The average Bonchev–Trinajstić information content (AvgIpc) is 2.62. The van der Waals surface area contributed by atoms with Crippen LogP contribution in [0.2, 0.25) is 5.02 Å². The van der Waals surface area contributed by atoms with Crippen LogP contribution in [0.1, 0.15) is 11.1 Å². The number of rotatable bonds is 5. The number of phenolic OH excluding ortho intramolecular Hbond substituents is 1. The summed E-state index contributed by atoms with van der Waals surface area (Å²) >= 11 is 6.03. The molecule has 0 saturated carbocycles. The minimum Gasteiger partial charge on any atom is -0.508 e. The van der Waals surface area contributed by atoms with E-state index < -0.39 is 5.82 Å². The molecule has 0 fully saturated rings. The number of aromatic hydroxyl groups is 1. The molecule has 0 aliphatic rings. The fraction of sp³-hybridized carbons (Fsp3) is 0.100. The number of ether oxygens (including phenoxy) is 1. The first-order valence-corrected chi connectivity index (χ1v) is 8.17. The molecule has 4 nitrogen and oxygen atoms in total. The summed E-state index contributed by atoms with van der Waals surface area (Å²) in [5.41, 5.74) is 1.95. The van der Waals surface area contributed by atoms with Crippen molar-refractivity contribution in [2.45, 2.75) is 6.42 Å². The fourth-order valence-electron chi connectivity index (χ4n) is 2.85. The molecule has 132 valence electrons. The van der Waals surface area contributed by atoms with Gasteiger partial charge in [-0.3, -0.25) is 0 Å². The molecule has 0 aliphatic carbocycles. The number of hydrogen-bond donors (Lipinski definition) is 1. The Labute approximate surface area is 154 Å². The van der Waals surface area contributed by atoms with Crippen molar-refractivity contribution in [3.05, 3.63) is 81.5 Å². The van der Waals surface area contributed by atoms with Crippen molar-refractivity contribution < 1.29 is 14.2 Å². The van der Waals surface area contributed by atoms with Gasteiger partial charge in [0, 0.05) is 17.5 Å². The van der Waals surface area contributed by atoms with Crippen LogP contribution in [0, 0.1) is 10.7 Å². The fourth-order valence-corrected chi connectivity index (χ4v) is 3.04. The first-order chi connectivity index (χ1) is 12.5. The lowest BCUT2D eigenvalue weighted by Crippen LogP contribution is -1.99. The Hall–Kier alpha value is -2.92. The van der Waals surface area contributed by atoms with Crippen LogP contribution >= 0.6 is 11.6 Å². The molecule has 0 radical (unpaired) electrons. The maximum Gasteiger partial charge on any atom is 0.138 e. The number of benzene rings is 3. The van der Waals surface area contributed by atoms with Gasteiger partial charge in [-0.1, -0.05) is 29.8 Å². The molecule has 26 heavy (non-hydrogen) atoms. The molecule has 0 aromatic heterocycles. The van der Waals surface area contributed by atoms with Gasteiger partial charge < -0.3 is 9.84 Å². The first kappa shape index (κ1) is 17.9. The van der Waals surface area contributed by atoms with E-state index in [1.54, 1.807) is 36.4 Å². The molecule has 0 heterocycles. The van der Waals surface area contributed by atoms with Gasteiger partial charge in [0.05, 0.1) is 12.7 Å². The van der Waals surface area contributed by atoms with E-state index in [0.717, 1.165) is 0 Å². The third-order valence-corrected chi connectivity index (χ3v) is 4.21. The summed E-state index contributed by atoms with van der Waals surface area (Å²) in [7, 11) is 1.47. The average molecular weight is 372 g/mol. The van der Waals surface area contributed by atoms with Gasteiger partial charge >= 0.3 is 0 Å². The summed E-state index contributed by atoms with van der Waals surface area (Å²) in [6, 6.07) is 14.4. The zero-order valence-corrected chi connectivity index (χ0v) is 14.6. The van der Waals surface area contributed by atoms with E-state index in [0.29, 0.717) is 33.0 Å². The van der Waals surface area contributed by atoms with Crippen LogP contribution in [-0.2, 0) is 6.42 Å². The zero-order valence-electron chi connectivity index (χ0n) is 13.9. The Kier molecular flexibility index (Phi) is 5.19. The summed E-state index contributed by atoms with van der Waals surface area (Å²) in [5.74, 6) is -0.156. The van der Waals surface area contributed by atoms with Crippen molar-refractivity contribution in [3.63, 3.8) is 0 Å². The molecular weight excluding hydrogens is 357 g/mol. The number of halogens is 2. The SMILES string of the molecule is COc1ccc(Cc2cc(O)cc(N=O)c2)c(F)c1-c1cccc(Cl)c1. The van der Waals surface area contributed by atoms with Crippen molar-refractivity contribution in [2.75, 3.05) is 7.11 Å². The molecule has 0 spiro atoms. The second kappa shape index (κ2) is 7.54. The summed E-state index contributed by atoms with van der Waals surface area (Å²) in [6.45, 7) is 0. The molecule has 3 rings (SSSR count). The summed E-state index contributed by atoms with van der Waals surface area (Å²) < 4.78 is 20.5. The lowest BCUT2D eigenvalue weighted by Gasteiger charge is -2.14. The molecule has 6 heteroatoms. The Morgan fingerprint density at radius 3 is 2.65 bits per heavy atom. The Balaban J connectivity index is 2.08. The van der Waals surface area contributed by atoms with E-state index >= 15 is 4.39 Å². The van der Waals surface area contributed by atoms with Crippen LogP contribution in [0.5, 0.6) is 11.5 Å². The number of methoxy groups -OCH3 is 1. The lowest BCUT2D eigenvalue weighted by atomic mass is 9.97. The van der Waals surface area contributed by atoms with Crippen molar-refractivity contribution in [1.29, 1.82) is 0 Å². The van der Waals surface area contributed by atoms with Crippen LogP contribution < -0.4 is 4.74 Å². The van der Waals surface area contributed by atoms with E-state index in [-0.39, 0.29) is 17.9 Å². The maximum absolute atomic E-state index is 15.2. The largest absolute Gasteiger partial charge is 0.508 e. The molecule has 0 saturated heterocycles. The highest BCUT2D eigenvalue weighted by Gasteiger charge is 2.17. The van der Waals surface area contributed by atoms with Crippen molar-refractivity contribution in [2.24, 2.45) is 5.18 Å². The summed E-state index contributed by atoms with van der Waals surface area (Å²) in [4.78, 5) is 10.7. The highest BCUT2D eigenvalue weighted by Crippen LogP contribution is 2.36. The molecule has 3 aromatic carbocycles. The normalized spacial score (nSPS) is 10.6. The lowest BCUT2D eigenvalue weighted by molar-refractivity contribution is 0.413. The van der Waals surface area contributed by atoms with Crippen LogP contribution in [0.25, 0.3) is 11.1 Å². The second-order valence-electron chi connectivity index (χ2n) is 5.75. The monoisotopic (exact) mass is 371 g/mol. The molecule has 0 atom stereocenters. The topological polar surface area (TPSA) is 58.9 Å². The highest BCUT2D eigenvalue weighted by molar-refractivity contribution is 6.30.